The molecule has 3 heterocycles. The smallest absolute Gasteiger partial charge is 0.254 e. The molecule has 35 heavy (non-hydrogen) atoms. The van der Waals surface area contributed by atoms with E-state index in [9.17, 15) is 9.18 Å². The number of para-hydroxylation sites is 1. The number of nitrogens with one attached hydrogen (secondary N) is 1. The monoisotopic (exact) mass is 470 g/mol. The number of nitrogens with two attached hydrogens (primary N) is 1. The van der Waals surface area contributed by atoms with Crippen molar-refractivity contribution in [1.82, 2.24) is 34.7 Å². The van der Waals surface area contributed by atoms with Crippen molar-refractivity contribution >= 4 is 17.6 Å². The highest BCUT2D eigenvalue weighted by molar-refractivity contribution is 5.79. The summed E-state index contributed by atoms with van der Waals surface area (Å²) in [6, 6.07) is 15.8. The first-order valence-corrected chi connectivity index (χ1v) is 11.0. The second-order valence-corrected chi connectivity index (χ2v) is 8.19. The maximum atomic E-state index is 13.5. The topological polar surface area (TPSA) is 116 Å². The Bertz CT molecular complexity index is 1520. The molecular weight excluding hydrogens is 447 g/mol. The van der Waals surface area contributed by atoms with Crippen molar-refractivity contribution in [1.29, 1.82) is 0 Å². The zero-order valence-corrected chi connectivity index (χ0v) is 19.2. The maximum Gasteiger partial charge on any atom is 0.254 e. The minimum Gasteiger partial charge on any atom is -0.366 e. The van der Waals surface area contributed by atoms with E-state index in [-0.39, 0.29) is 30.6 Å². The van der Waals surface area contributed by atoms with Gasteiger partial charge in [-0.05, 0) is 50.2 Å². The lowest BCUT2D eigenvalue weighted by Crippen LogP contribution is -2.26. The summed E-state index contributed by atoms with van der Waals surface area (Å²) in [5.74, 6) is 0.0313. The fourth-order valence-electron chi connectivity index (χ4n) is 4.00. The maximum absolute atomic E-state index is 13.5. The molecule has 5 rings (SSSR count). The number of rotatable bonds is 6. The predicted molar refractivity (Wildman–Crippen MR) is 129 cm³/mol. The summed E-state index contributed by atoms with van der Waals surface area (Å²) in [7, 11) is 0. The van der Waals surface area contributed by atoms with Gasteiger partial charge in [0.15, 0.2) is 0 Å². The standard InChI is InChI=1S/C25H23FN8O/c1-15-21(16(2)34-25(29-15)30-24(27)32-34)12-22(35)28-13-18-14-33(20-6-4-3-5-7-20)31-23(18)17-8-10-19(26)11-9-17/h3-11,14H,12-13H2,1-2H3,(H2,27,32)(H,28,35). The van der Waals surface area contributed by atoms with Crippen LogP contribution in [0.1, 0.15) is 22.5 Å². The molecule has 3 N–H and O–H groups in total. The summed E-state index contributed by atoms with van der Waals surface area (Å²) in [4.78, 5) is 21.4. The zero-order chi connectivity index (χ0) is 24.5. The molecule has 0 aliphatic heterocycles. The molecule has 0 saturated carbocycles. The van der Waals surface area contributed by atoms with Crippen LogP contribution in [0.2, 0.25) is 0 Å². The number of fused-ring (bicyclic) bond motifs is 1. The van der Waals surface area contributed by atoms with Gasteiger partial charge in [0.05, 0.1) is 17.8 Å². The third-order valence-corrected chi connectivity index (χ3v) is 5.81. The van der Waals surface area contributed by atoms with Crippen LogP contribution in [0.15, 0.2) is 60.8 Å². The van der Waals surface area contributed by atoms with Gasteiger partial charge in [-0.2, -0.15) is 14.6 Å². The van der Waals surface area contributed by atoms with Crippen LogP contribution >= 0.6 is 0 Å². The van der Waals surface area contributed by atoms with Crippen LogP contribution in [0.4, 0.5) is 10.3 Å². The molecule has 9 nitrogen and oxygen atoms in total. The van der Waals surface area contributed by atoms with Gasteiger partial charge in [0.1, 0.15) is 5.82 Å². The normalized spacial score (nSPS) is 11.2. The lowest BCUT2D eigenvalue weighted by molar-refractivity contribution is -0.120. The van der Waals surface area contributed by atoms with E-state index in [1.165, 1.54) is 12.1 Å². The molecule has 0 spiro atoms. The molecule has 0 aliphatic carbocycles. The quantitative estimate of drug-likeness (QED) is 0.394. The predicted octanol–water partition coefficient (Wildman–Crippen LogP) is 3.17. The van der Waals surface area contributed by atoms with Crippen molar-refractivity contribution in [2.75, 3.05) is 5.73 Å². The number of nitrogens with zero attached hydrogens (tertiary/aromatic N) is 6. The summed E-state index contributed by atoms with van der Waals surface area (Å²) in [6.45, 7) is 3.94. The summed E-state index contributed by atoms with van der Waals surface area (Å²) in [5, 5.41) is 11.8. The Morgan fingerprint density at radius 1 is 1.03 bits per heavy atom. The number of anilines is 1. The van der Waals surface area contributed by atoms with E-state index in [0.717, 1.165) is 28.1 Å². The molecule has 3 aromatic heterocycles. The highest BCUT2D eigenvalue weighted by Gasteiger charge is 2.17. The van der Waals surface area contributed by atoms with E-state index in [4.69, 9.17) is 10.8 Å². The van der Waals surface area contributed by atoms with E-state index in [1.54, 1.807) is 21.3 Å². The summed E-state index contributed by atoms with van der Waals surface area (Å²) in [6.07, 6.45) is 2.00. The number of carbonyl (C=O) groups excluding carboxylic acids is 1. The number of benzene rings is 2. The van der Waals surface area contributed by atoms with E-state index >= 15 is 0 Å². The van der Waals surface area contributed by atoms with Gasteiger partial charge in [-0.15, -0.1) is 5.10 Å². The van der Waals surface area contributed by atoms with Crippen LogP contribution in [0.25, 0.3) is 22.7 Å². The van der Waals surface area contributed by atoms with Crippen LogP contribution in [0.5, 0.6) is 0 Å². The van der Waals surface area contributed by atoms with Gasteiger partial charge in [0.25, 0.3) is 5.78 Å². The summed E-state index contributed by atoms with van der Waals surface area (Å²) in [5.41, 5.74) is 11.0. The first kappa shape index (κ1) is 22.2. The van der Waals surface area contributed by atoms with Gasteiger partial charge in [-0.25, -0.2) is 14.1 Å². The molecular formula is C25H23FN8O. The largest absolute Gasteiger partial charge is 0.366 e. The Hall–Kier alpha value is -4.60. The van der Waals surface area contributed by atoms with Crippen LogP contribution in [-0.2, 0) is 17.8 Å². The van der Waals surface area contributed by atoms with Crippen molar-refractivity contribution in [2.24, 2.45) is 0 Å². The van der Waals surface area contributed by atoms with Crippen molar-refractivity contribution < 1.29 is 9.18 Å². The fraction of sp³-hybridized carbons (Fsp3) is 0.160. The Morgan fingerprint density at radius 3 is 2.51 bits per heavy atom. The Kier molecular flexibility index (Phi) is 5.69. The van der Waals surface area contributed by atoms with E-state index in [2.05, 4.69) is 20.4 Å². The average Bonchev–Trinajstić information content (AvgIpc) is 3.45. The van der Waals surface area contributed by atoms with Gasteiger partial charge < -0.3 is 11.1 Å². The van der Waals surface area contributed by atoms with Gasteiger partial charge in [0, 0.05) is 40.8 Å². The van der Waals surface area contributed by atoms with Crippen LogP contribution in [-0.4, -0.2) is 35.3 Å². The average molecular weight is 471 g/mol. The van der Waals surface area contributed by atoms with E-state index in [1.807, 2.05) is 50.4 Å². The van der Waals surface area contributed by atoms with Crippen LogP contribution in [0.3, 0.4) is 0 Å². The van der Waals surface area contributed by atoms with E-state index < -0.39 is 0 Å². The SMILES string of the molecule is Cc1nc2nc(N)nn2c(C)c1CC(=O)NCc1cn(-c2ccccc2)nc1-c1ccc(F)cc1. The number of carbonyl (C=O) groups is 1. The van der Waals surface area contributed by atoms with Gasteiger partial charge in [0.2, 0.25) is 11.9 Å². The third kappa shape index (κ3) is 4.45. The Labute approximate surface area is 200 Å². The lowest BCUT2D eigenvalue weighted by atomic mass is 10.1. The molecule has 10 heteroatoms. The Morgan fingerprint density at radius 2 is 1.77 bits per heavy atom. The molecule has 0 aliphatic rings. The first-order chi connectivity index (χ1) is 16.9. The van der Waals surface area contributed by atoms with Gasteiger partial charge >= 0.3 is 0 Å². The molecule has 2 aromatic carbocycles. The van der Waals surface area contributed by atoms with E-state index in [0.29, 0.717) is 17.2 Å². The van der Waals surface area contributed by atoms with Crippen molar-refractivity contribution in [2.45, 2.75) is 26.8 Å². The number of halogens is 1. The summed E-state index contributed by atoms with van der Waals surface area (Å²) >= 11 is 0. The number of aromatic nitrogens is 6. The zero-order valence-electron chi connectivity index (χ0n) is 19.2. The molecule has 0 fully saturated rings. The number of amides is 1. The molecule has 0 bridgehead atoms. The molecule has 0 atom stereocenters. The Balaban J connectivity index is 1.40. The molecule has 5 aromatic rings. The van der Waals surface area contributed by atoms with Crippen molar-refractivity contribution in [3.8, 4) is 16.9 Å². The van der Waals surface area contributed by atoms with Crippen molar-refractivity contribution in [3.63, 3.8) is 0 Å². The summed E-state index contributed by atoms with van der Waals surface area (Å²) < 4.78 is 16.8. The lowest BCUT2D eigenvalue weighted by Gasteiger charge is -2.11. The molecule has 0 unspecified atom stereocenters. The van der Waals surface area contributed by atoms with Gasteiger partial charge in [-0.1, -0.05) is 18.2 Å². The van der Waals surface area contributed by atoms with Crippen LogP contribution < -0.4 is 11.1 Å². The molecule has 176 valence electrons. The first-order valence-electron chi connectivity index (χ1n) is 11.0. The number of aryl methyl sites for hydroxylation is 2. The second-order valence-electron chi connectivity index (χ2n) is 8.19. The van der Waals surface area contributed by atoms with Gasteiger partial charge in [-0.3, -0.25) is 4.79 Å². The third-order valence-electron chi connectivity index (χ3n) is 5.81. The number of hydrogen-bond donors (Lipinski definition) is 2. The van der Waals surface area contributed by atoms with Crippen molar-refractivity contribution in [3.05, 3.63) is 89.1 Å². The second kappa shape index (κ2) is 8.98. The number of nitrogen functional groups attached to an aromatic ring is 1. The minimum atomic E-state index is -0.323. The highest BCUT2D eigenvalue weighted by atomic mass is 19.1. The fourth-order valence-corrected chi connectivity index (χ4v) is 4.00. The molecule has 1 amide bonds. The van der Waals surface area contributed by atoms with Crippen LogP contribution in [0, 0.1) is 19.7 Å². The number of hydrogen-bond acceptors (Lipinski definition) is 6. The minimum absolute atomic E-state index is 0.124. The molecule has 0 saturated heterocycles. The molecule has 0 radical (unpaired) electrons. The highest BCUT2D eigenvalue weighted by Crippen LogP contribution is 2.24.